The van der Waals surface area contributed by atoms with E-state index < -0.39 is 17.7 Å². The quantitative estimate of drug-likeness (QED) is 0.503. The summed E-state index contributed by atoms with van der Waals surface area (Å²) in [5.41, 5.74) is 2.37. The highest BCUT2D eigenvalue weighted by Gasteiger charge is 2.34. The molecule has 2 aliphatic rings. The Labute approximate surface area is 176 Å². The molecule has 0 spiro atoms. The number of fused-ring (bicyclic) bond motifs is 1. The number of nitrogens with zero attached hydrogens (tertiary/aromatic N) is 2. The molecular formula is C23H17N3O3S. The van der Waals surface area contributed by atoms with Gasteiger partial charge in [0.25, 0.3) is 11.8 Å². The van der Waals surface area contributed by atoms with Crippen LogP contribution in [0.5, 0.6) is 0 Å². The number of amides is 3. The van der Waals surface area contributed by atoms with E-state index in [1.807, 2.05) is 12.1 Å². The Morgan fingerprint density at radius 3 is 2.40 bits per heavy atom. The van der Waals surface area contributed by atoms with Crippen LogP contribution in [0, 0.1) is 6.57 Å². The van der Waals surface area contributed by atoms with Crippen molar-refractivity contribution < 1.29 is 14.4 Å². The van der Waals surface area contributed by atoms with Gasteiger partial charge in [-0.05, 0) is 47.2 Å². The van der Waals surface area contributed by atoms with Crippen LogP contribution in [0.3, 0.4) is 0 Å². The number of benzene rings is 2. The number of anilines is 1. The maximum absolute atomic E-state index is 13.0. The van der Waals surface area contributed by atoms with Crippen molar-refractivity contribution in [2.75, 3.05) is 11.9 Å². The zero-order valence-corrected chi connectivity index (χ0v) is 16.8. The first kappa shape index (κ1) is 18.5. The number of carbonyl (C=O) groups excluding carboxylic acids is 3. The maximum Gasteiger partial charge on any atom is 0.261 e. The number of carbonyl (C=O) groups is 3. The minimum atomic E-state index is -0.480. The smallest absolute Gasteiger partial charge is 0.261 e. The highest BCUT2D eigenvalue weighted by Crippen LogP contribution is 2.44. The monoisotopic (exact) mass is 415 g/mol. The highest BCUT2D eigenvalue weighted by atomic mass is 32.1. The molecule has 2 heterocycles. The second-order valence-corrected chi connectivity index (χ2v) is 8.56. The number of imide groups is 1. The van der Waals surface area contributed by atoms with Crippen LogP contribution < -0.4 is 5.32 Å². The van der Waals surface area contributed by atoms with Crippen LogP contribution in [0.4, 0.5) is 10.7 Å². The number of nitrogens with one attached hydrogen (secondary N) is 1. The number of aryl methyl sites for hydroxylation is 1. The van der Waals surface area contributed by atoms with E-state index in [9.17, 15) is 14.4 Å². The van der Waals surface area contributed by atoms with E-state index in [0.29, 0.717) is 27.2 Å². The summed E-state index contributed by atoms with van der Waals surface area (Å²) in [6, 6.07) is 10.6. The van der Waals surface area contributed by atoms with Gasteiger partial charge in [-0.2, -0.15) is 0 Å². The normalized spacial score (nSPS) is 15.1. The zero-order valence-electron chi connectivity index (χ0n) is 16.0. The van der Waals surface area contributed by atoms with Gasteiger partial charge in [0.2, 0.25) is 11.6 Å². The number of hydrogen-bond acceptors (Lipinski definition) is 4. The fourth-order valence-corrected chi connectivity index (χ4v) is 5.53. The zero-order chi connectivity index (χ0) is 20.8. The van der Waals surface area contributed by atoms with Crippen LogP contribution in [0.2, 0.25) is 0 Å². The van der Waals surface area contributed by atoms with Crippen molar-refractivity contribution in [2.24, 2.45) is 0 Å². The predicted octanol–water partition coefficient (Wildman–Crippen LogP) is 4.57. The third-order valence-electron chi connectivity index (χ3n) is 5.67. The molecule has 3 aromatic rings. The third-order valence-corrected chi connectivity index (χ3v) is 6.86. The number of rotatable bonds is 3. The lowest BCUT2D eigenvalue weighted by atomic mass is 9.94. The summed E-state index contributed by atoms with van der Waals surface area (Å²) in [5.74, 6) is -1.43. The third kappa shape index (κ3) is 2.80. The van der Waals surface area contributed by atoms with Crippen LogP contribution in [0.1, 0.15) is 44.0 Å². The molecule has 30 heavy (non-hydrogen) atoms. The largest absolute Gasteiger partial charge is 0.325 e. The van der Waals surface area contributed by atoms with Gasteiger partial charge >= 0.3 is 0 Å². The van der Waals surface area contributed by atoms with Crippen LogP contribution >= 0.6 is 11.3 Å². The maximum atomic E-state index is 13.0. The van der Waals surface area contributed by atoms with E-state index in [-0.39, 0.29) is 6.54 Å². The lowest BCUT2D eigenvalue weighted by Gasteiger charge is -2.26. The predicted molar refractivity (Wildman–Crippen MR) is 115 cm³/mol. The molecule has 3 amide bonds. The second-order valence-electron chi connectivity index (χ2n) is 7.45. The molecule has 0 atom stereocenters. The van der Waals surface area contributed by atoms with Gasteiger partial charge in [-0.25, -0.2) is 4.85 Å². The minimum absolute atomic E-state index is 0.387. The first-order chi connectivity index (χ1) is 14.6. The molecule has 0 saturated carbocycles. The Balaban J connectivity index is 1.42. The molecule has 1 aromatic heterocycles. The van der Waals surface area contributed by atoms with Gasteiger partial charge in [-0.1, -0.05) is 30.7 Å². The molecule has 148 valence electrons. The van der Waals surface area contributed by atoms with Crippen LogP contribution in [0.25, 0.3) is 15.6 Å². The highest BCUT2D eigenvalue weighted by molar-refractivity contribution is 7.17. The van der Waals surface area contributed by atoms with Gasteiger partial charge in [-0.15, -0.1) is 11.3 Å². The molecule has 1 N–H and O–H groups in total. The molecule has 6 nitrogen and oxygen atoms in total. The minimum Gasteiger partial charge on any atom is -0.325 e. The summed E-state index contributed by atoms with van der Waals surface area (Å²) in [4.78, 5) is 44.4. The topological polar surface area (TPSA) is 70.8 Å². The number of thiophene rings is 1. The molecule has 0 unspecified atom stereocenters. The fraction of sp³-hybridized carbons (Fsp3) is 0.217. The molecule has 1 aliphatic heterocycles. The van der Waals surface area contributed by atoms with E-state index in [0.717, 1.165) is 46.4 Å². The SMILES string of the molecule is [C-]#[N+]c1c(NC(=O)CN2C(=O)c3cccc4cccc(c34)C2=O)sc2c1CCCC2. The van der Waals surface area contributed by atoms with Gasteiger partial charge in [0, 0.05) is 16.5 Å². The van der Waals surface area contributed by atoms with Crippen molar-refractivity contribution in [3.63, 3.8) is 0 Å². The van der Waals surface area contributed by atoms with Crippen LogP contribution in [0.15, 0.2) is 36.4 Å². The molecule has 0 saturated heterocycles. The van der Waals surface area contributed by atoms with Crippen molar-refractivity contribution in [1.82, 2.24) is 4.90 Å². The van der Waals surface area contributed by atoms with Crippen molar-refractivity contribution in [3.05, 3.63) is 69.4 Å². The van der Waals surface area contributed by atoms with Crippen molar-refractivity contribution >= 4 is 50.5 Å². The molecule has 0 fully saturated rings. The lowest BCUT2D eigenvalue weighted by molar-refractivity contribution is -0.116. The summed E-state index contributed by atoms with van der Waals surface area (Å²) in [6.07, 6.45) is 3.90. The second kappa shape index (κ2) is 7.08. The van der Waals surface area contributed by atoms with E-state index in [2.05, 4.69) is 10.2 Å². The summed E-state index contributed by atoms with van der Waals surface area (Å²) in [5, 5.41) is 4.74. The average Bonchev–Trinajstić information content (AvgIpc) is 3.11. The Morgan fingerprint density at radius 2 is 1.73 bits per heavy atom. The summed E-state index contributed by atoms with van der Waals surface area (Å²) in [6.45, 7) is 7.12. The van der Waals surface area contributed by atoms with Gasteiger partial charge < -0.3 is 5.32 Å². The molecule has 0 radical (unpaired) electrons. The van der Waals surface area contributed by atoms with E-state index in [1.165, 1.54) is 11.3 Å². The summed E-state index contributed by atoms with van der Waals surface area (Å²) >= 11 is 1.43. The van der Waals surface area contributed by atoms with Crippen molar-refractivity contribution in [2.45, 2.75) is 25.7 Å². The molecule has 5 rings (SSSR count). The lowest BCUT2D eigenvalue weighted by Crippen LogP contribution is -2.44. The van der Waals surface area contributed by atoms with Crippen molar-refractivity contribution in [3.8, 4) is 0 Å². The molecular weight excluding hydrogens is 398 g/mol. The van der Waals surface area contributed by atoms with Crippen LogP contribution in [-0.4, -0.2) is 29.2 Å². The van der Waals surface area contributed by atoms with Crippen molar-refractivity contribution in [1.29, 1.82) is 0 Å². The molecule has 0 bridgehead atoms. The molecule has 2 aromatic carbocycles. The summed E-state index contributed by atoms with van der Waals surface area (Å²) < 4.78 is 0. The van der Waals surface area contributed by atoms with E-state index in [1.54, 1.807) is 24.3 Å². The van der Waals surface area contributed by atoms with Gasteiger partial charge in [0.1, 0.15) is 11.5 Å². The first-order valence-electron chi connectivity index (χ1n) is 9.78. The van der Waals surface area contributed by atoms with Gasteiger partial charge in [0.05, 0.1) is 6.57 Å². The Bertz CT molecular complexity index is 1230. The Kier molecular flexibility index (Phi) is 4.37. The van der Waals surface area contributed by atoms with Gasteiger partial charge in [-0.3, -0.25) is 19.3 Å². The van der Waals surface area contributed by atoms with E-state index in [4.69, 9.17) is 6.57 Å². The summed E-state index contributed by atoms with van der Waals surface area (Å²) in [7, 11) is 0. The number of hydrogen-bond donors (Lipinski definition) is 1. The Hall–Kier alpha value is -3.50. The molecule has 7 heteroatoms. The van der Waals surface area contributed by atoms with E-state index >= 15 is 0 Å². The fourth-order valence-electron chi connectivity index (χ4n) is 4.29. The average molecular weight is 415 g/mol. The van der Waals surface area contributed by atoms with Gasteiger partial charge in [0.15, 0.2) is 0 Å². The first-order valence-corrected chi connectivity index (χ1v) is 10.6. The van der Waals surface area contributed by atoms with Crippen LogP contribution in [-0.2, 0) is 17.6 Å². The standard InChI is InChI=1S/C23H17N3O3S/c1-24-20-14-8-2-3-11-17(14)30-21(20)25-18(27)12-26-22(28)15-9-4-6-13-7-5-10-16(19(13)15)23(26)29/h4-7,9-10H,2-3,8,11-12H2,(H,25,27). The molecule has 1 aliphatic carbocycles. The Morgan fingerprint density at radius 1 is 1.07 bits per heavy atom.